The summed E-state index contributed by atoms with van der Waals surface area (Å²) in [6.07, 6.45) is 3.47. The van der Waals surface area contributed by atoms with Crippen LogP contribution in [0.15, 0.2) is 72.8 Å². The Morgan fingerprint density at radius 1 is 1.03 bits per heavy atom. The van der Waals surface area contributed by atoms with Gasteiger partial charge in [-0.15, -0.1) is 0 Å². The first-order valence-electron chi connectivity index (χ1n) is 10.8. The Hall–Kier alpha value is -2.49. The molecule has 0 aliphatic carbocycles. The Balaban J connectivity index is 1.61. The number of nitrogens with zero attached hydrogens (tertiary/aromatic N) is 1. The van der Waals surface area contributed by atoms with Crippen molar-refractivity contribution in [3.8, 4) is 6.07 Å². The highest BCUT2D eigenvalue weighted by molar-refractivity contribution is 5.16. The quantitative estimate of drug-likeness (QED) is 0.450. The molecule has 3 rings (SSSR count). The van der Waals surface area contributed by atoms with Gasteiger partial charge in [0.2, 0.25) is 0 Å². The summed E-state index contributed by atoms with van der Waals surface area (Å²) in [5.74, 6) is 0. The average molecular weight is 422 g/mol. The third kappa shape index (κ3) is 7.02. The summed E-state index contributed by atoms with van der Waals surface area (Å²) >= 11 is 0. The van der Waals surface area contributed by atoms with E-state index in [9.17, 15) is 5.11 Å². The van der Waals surface area contributed by atoms with E-state index in [0.717, 1.165) is 17.5 Å². The van der Waals surface area contributed by atoms with Crippen LogP contribution >= 0.6 is 0 Å². The molecule has 0 radical (unpaired) electrons. The zero-order valence-corrected chi connectivity index (χ0v) is 18.0. The van der Waals surface area contributed by atoms with E-state index in [2.05, 4.69) is 6.07 Å². The van der Waals surface area contributed by atoms with Crippen molar-refractivity contribution in [3.05, 3.63) is 83.9 Å². The maximum atomic E-state index is 10.4. The van der Waals surface area contributed by atoms with E-state index in [4.69, 9.17) is 19.5 Å². The summed E-state index contributed by atoms with van der Waals surface area (Å²) in [5, 5.41) is 19.5. The maximum absolute atomic E-state index is 10.4. The molecule has 5 heteroatoms. The van der Waals surface area contributed by atoms with Crippen LogP contribution in [0.4, 0.5) is 0 Å². The summed E-state index contributed by atoms with van der Waals surface area (Å²) in [6.45, 7) is 3.58. The summed E-state index contributed by atoms with van der Waals surface area (Å²) in [7, 11) is 0. The molecule has 0 aromatic heterocycles. The zero-order valence-electron chi connectivity index (χ0n) is 18.0. The summed E-state index contributed by atoms with van der Waals surface area (Å²) < 4.78 is 18.3. The number of nitriles is 1. The van der Waals surface area contributed by atoms with Crippen LogP contribution in [0.3, 0.4) is 0 Å². The molecule has 0 spiro atoms. The molecule has 4 atom stereocenters. The molecule has 0 bridgehead atoms. The summed E-state index contributed by atoms with van der Waals surface area (Å²) in [4.78, 5) is 0. The van der Waals surface area contributed by atoms with Crippen molar-refractivity contribution in [3.63, 3.8) is 0 Å². The molecule has 0 saturated heterocycles. The molecule has 5 nitrogen and oxygen atoms in total. The van der Waals surface area contributed by atoms with Crippen molar-refractivity contribution >= 4 is 0 Å². The van der Waals surface area contributed by atoms with E-state index in [1.54, 1.807) is 6.08 Å². The second-order valence-electron chi connectivity index (χ2n) is 8.01. The van der Waals surface area contributed by atoms with Gasteiger partial charge in [0.05, 0.1) is 37.9 Å². The first-order valence-corrected chi connectivity index (χ1v) is 10.8. The second-order valence-corrected chi connectivity index (χ2v) is 8.01. The first-order chi connectivity index (χ1) is 15.1. The third-order valence-electron chi connectivity index (χ3n) is 5.54. The van der Waals surface area contributed by atoms with E-state index >= 15 is 0 Å². The van der Waals surface area contributed by atoms with Crippen molar-refractivity contribution in [2.45, 2.75) is 63.3 Å². The smallest absolute Gasteiger partial charge is 0.110 e. The SMILES string of the molecule is C[C@]1(OCc2ccccc2)C=C[C@H](O)[C@H](CC#N)O[C@@H]1CCCOCc1ccccc1. The van der Waals surface area contributed by atoms with Gasteiger partial charge in [0.15, 0.2) is 0 Å². The van der Waals surface area contributed by atoms with Crippen LogP contribution in [0, 0.1) is 11.3 Å². The predicted molar refractivity (Wildman–Crippen MR) is 119 cm³/mol. The number of ether oxygens (including phenoxy) is 3. The number of rotatable bonds is 10. The molecule has 0 saturated carbocycles. The first kappa shape index (κ1) is 23.2. The van der Waals surface area contributed by atoms with E-state index in [0.29, 0.717) is 26.2 Å². The Bertz CT molecular complexity index is 849. The monoisotopic (exact) mass is 421 g/mol. The lowest BCUT2D eigenvalue weighted by molar-refractivity contribution is -0.149. The van der Waals surface area contributed by atoms with Crippen LogP contribution in [0.1, 0.15) is 37.3 Å². The zero-order chi connectivity index (χ0) is 21.9. The molecule has 164 valence electrons. The minimum Gasteiger partial charge on any atom is -0.386 e. The van der Waals surface area contributed by atoms with Gasteiger partial charge in [-0.1, -0.05) is 72.8 Å². The van der Waals surface area contributed by atoms with Gasteiger partial charge in [-0.3, -0.25) is 0 Å². The molecule has 1 aliphatic rings. The molecule has 31 heavy (non-hydrogen) atoms. The molecule has 1 aliphatic heterocycles. The number of hydrogen-bond acceptors (Lipinski definition) is 5. The molecule has 2 aromatic carbocycles. The predicted octanol–water partition coefficient (Wildman–Crippen LogP) is 4.56. The van der Waals surface area contributed by atoms with Crippen molar-refractivity contribution in [1.29, 1.82) is 5.26 Å². The third-order valence-corrected chi connectivity index (χ3v) is 5.54. The van der Waals surface area contributed by atoms with Gasteiger partial charge >= 0.3 is 0 Å². The largest absolute Gasteiger partial charge is 0.386 e. The fourth-order valence-corrected chi connectivity index (χ4v) is 3.65. The summed E-state index contributed by atoms with van der Waals surface area (Å²) in [6, 6.07) is 22.2. The minimum absolute atomic E-state index is 0.126. The lowest BCUT2D eigenvalue weighted by Gasteiger charge is -2.35. The van der Waals surface area contributed by atoms with E-state index in [-0.39, 0.29) is 12.5 Å². The van der Waals surface area contributed by atoms with E-state index < -0.39 is 17.8 Å². The van der Waals surface area contributed by atoms with Crippen LogP contribution in [-0.2, 0) is 27.4 Å². The molecule has 1 N–H and O–H groups in total. The Morgan fingerprint density at radius 3 is 2.32 bits per heavy atom. The van der Waals surface area contributed by atoms with Gasteiger partial charge in [-0.25, -0.2) is 0 Å². The fourth-order valence-electron chi connectivity index (χ4n) is 3.65. The van der Waals surface area contributed by atoms with Gasteiger partial charge in [0.25, 0.3) is 0 Å². The van der Waals surface area contributed by atoms with Crippen molar-refractivity contribution in [2.75, 3.05) is 6.61 Å². The van der Waals surface area contributed by atoms with E-state index in [1.165, 1.54) is 0 Å². The van der Waals surface area contributed by atoms with Gasteiger partial charge in [0.1, 0.15) is 11.7 Å². The molecule has 0 amide bonds. The molecule has 2 aromatic rings. The maximum Gasteiger partial charge on any atom is 0.110 e. The average Bonchev–Trinajstić information content (AvgIpc) is 2.91. The molecule has 0 unspecified atom stereocenters. The minimum atomic E-state index is -0.835. The number of benzene rings is 2. The van der Waals surface area contributed by atoms with Crippen LogP contribution in [0.2, 0.25) is 0 Å². The highest BCUT2D eigenvalue weighted by Gasteiger charge is 2.39. The van der Waals surface area contributed by atoms with Crippen molar-refractivity contribution < 1.29 is 19.3 Å². The molecular weight excluding hydrogens is 390 g/mol. The Kier molecular flexibility index (Phi) is 8.81. The highest BCUT2D eigenvalue weighted by Crippen LogP contribution is 2.31. The van der Waals surface area contributed by atoms with Gasteiger partial charge < -0.3 is 19.3 Å². The topological polar surface area (TPSA) is 71.7 Å². The van der Waals surface area contributed by atoms with Crippen molar-refractivity contribution in [1.82, 2.24) is 0 Å². The van der Waals surface area contributed by atoms with Crippen LogP contribution in [0.25, 0.3) is 0 Å². The van der Waals surface area contributed by atoms with Gasteiger partial charge in [0, 0.05) is 6.61 Å². The van der Waals surface area contributed by atoms with Crippen LogP contribution in [0.5, 0.6) is 0 Å². The second kappa shape index (κ2) is 11.8. The van der Waals surface area contributed by atoms with Crippen LogP contribution in [-0.4, -0.2) is 35.6 Å². The normalized spacial score (nSPS) is 25.6. The lowest BCUT2D eigenvalue weighted by atomic mass is 9.94. The highest BCUT2D eigenvalue weighted by atomic mass is 16.6. The summed E-state index contributed by atoms with van der Waals surface area (Å²) in [5.41, 5.74) is 1.49. The molecule has 1 heterocycles. The number of aliphatic hydroxyl groups is 1. The van der Waals surface area contributed by atoms with Crippen LogP contribution < -0.4 is 0 Å². The Morgan fingerprint density at radius 2 is 1.68 bits per heavy atom. The Labute approximate surface area is 184 Å². The lowest BCUT2D eigenvalue weighted by Crippen LogP contribution is -2.43. The fraction of sp³-hybridized carbons (Fsp3) is 0.423. The molecular formula is C26H31NO4. The van der Waals surface area contributed by atoms with Gasteiger partial charge in [-0.2, -0.15) is 5.26 Å². The number of hydrogen-bond donors (Lipinski definition) is 1. The van der Waals surface area contributed by atoms with Gasteiger partial charge in [-0.05, 0) is 30.9 Å². The van der Waals surface area contributed by atoms with Crippen molar-refractivity contribution in [2.24, 2.45) is 0 Å². The standard InChI is InChI=1S/C26H31NO4/c1-26(30-20-22-11-6-3-7-12-22)16-14-23(28)24(15-17-27)31-25(26)13-8-18-29-19-21-9-4-2-5-10-21/h2-7,9-12,14,16,23-25,28H,8,13,15,18-20H2,1H3/t23-,24-,25+,26-/m0/s1. The van der Waals surface area contributed by atoms with E-state index in [1.807, 2.05) is 73.7 Å². The number of aliphatic hydroxyl groups excluding tert-OH is 1. The molecule has 0 fully saturated rings.